The van der Waals surface area contributed by atoms with Gasteiger partial charge in [-0.3, -0.25) is 19.2 Å². The van der Waals surface area contributed by atoms with E-state index in [0.29, 0.717) is 11.5 Å². The average Bonchev–Trinajstić information content (AvgIpc) is 3.25. The first-order chi connectivity index (χ1) is 17.0. The lowest BCUT2D eigenvalue weighted by Crippen LogP contribution is -2.57. The van der Waals surface area contributed by atoms with Crippen LogP contribution in [0.4, 0.5) is 5.69 Å². The minimum atomic E-state index is 0.513. The molecule has 2 fully saturated rings. The fraction of sp³-hybridized carbons (Fsp3) is 0.481. The van der Waals surface area contributed by atoms with Gasteiger partial charge in [-0.25, -0.2) is 9.51 Å². The number of aryl methyl sites for hydroxylation is 2. The van der Waals surface area contributed by atoms with Crippen molar-refractivity contribution in [1.29, 1.82) is 0 Å². The molecule has 1 aliphatic carbocycles. The minimum absolute atomic E-state index is 0.513. The Kier molecular flexibility index (Phi) is 6.56. The van der Waals surface area contributed by atoms with Crippen LogP contribution in [0.25, 0.3) is 11.2 Å². The Morgan fingerprint density at radius 3 is 2.71 bits per heavy atom. The Hall–Kier alpha value is -3.26. The second-order valence-electron chi connectivity index (χ2n) is 9.70. The number of pyridine rings is 1. The number of fused-ring (bicyclic) bond motifs is 1. The number of carbonyl (C=O) groups is 1. The summed E-state index contributed by atoms with van der Waals surface area (Å²) in [5.41, 5.74) is 6.05. The van der Waals surface area contributed by atoms with Crippen molar-refractivity contribution in [3.8, 4) is 0 Å². The molecular formula is C27H35N7O. The van der Waals surface area contributed by atoms with Gasteiger partial charge >= 0.3 is 0 Å². The zero-order valence-corrected chi connectivity index (χ0v) is 21.2. The van der Waals surface area contributed by atoms with E-state index in [1.54, 1.807) is 4.57 Å². The number of rotatable bonds is 6. The van der Waals surface area contributed by atoms with Crippen LogP contribution < -0.4 is 10.4 Å². The third-order valence-corrected chi connectivity index (χ3v) is 7.40. The number of nitrogens with zero attached hydrogens (tertiary/aromatic N) is 7. The molecule has 1 atom stereocenters. The van der Waals surface area contributed by atoms with Gasteiger partial charge in [0.25, 0.3) is 0 Å². The molecule has 0 amide bonds. The van der Waals surface area contributed by atoms with Gasteiger partial charge in [-0.1, -0.05) is 19.4 Å². The molecule has 8 nitrogen and oxygen atoms in total. The third kappa shape index (κ3) is 4.55. The highest BCUT2D eigenvalue weighted by atomic mass is 16.1. The molecule has 1 saturated heterocycles. The molecule has 0 spiro atoms. The summed E-state index contributed by atoms with van der Waals surface area (Å²) < 4.78 is 3.44. The molecule has 184 valence electrons. The van der Waals surface area contributed by atoms with Crippen molar-refractivity contribution >= 4 is 23.3 Å². The van der Waals surface area contributed by atoms with E-state index in [9.17, 15) is 4.79 Å². The monoisotopic (exact) mass is 473 g/mol. The predicted octanol–water partition coefficient (Wildman–Crippen LogP) is 3.46. The highest BCUT2D eigenvalue weighted by Gasteiger charge is 2.32. The van der Waals surface area contributed by atoms with Gasteiger partial charge in [0.05, 0.1) is 34.5 Å². The van der Waals surface area contributed by atoms with Crippen LogP contribution in [-0.2, 0) is 11.2 Å². The van der Waals surface area contributed by atoms with E-state index in [0.717, 1.165) is 72.5 Å². The molecule has 4 heterocycles. The van der Waals surface area contributed by atoms with Crippen LogP contribution >= 0.6 is 0 Å². The first kappa shape index (κ1) is 23.5. The Labute approximate surface area is 206 Å². The highest BCUT2D eigenvalue weighted by molar-refractivity contribution is 5.68. The second-order valence-corrected chi connectivity index (χ2v) is 9.70. The van der Waals surface area contributed by atoms with Crippen molar-refractivity contribution in [1.82, 2.24) is 24.1 Å². The maximum absolute atomic E-state index is 12.0. The van der Waals surface area contributed by atoms with Crippen molar-refractivity contribution in [3.05, 3.63) is 59.2 Å². The summed E-state index contributed by atoms with van der Waals surface area (Å²) in [6, 6.07) is 7.30. The van der Waals surface area contributed by atoms with Crippen LogP contribution in [0.2, 0.25) is 0 Å². The molecule has 2 aliphatic rings. The molecule has 5 rings (SSSR count). The van der Waals surface area contributed by atoms with E-state index < -0.39 is 0 Å². The van der Waals surface area contributed by atoms with Gasteiger partial charge in [0.2, 0.25) is 6.41 Å². The van der Waals surface area contributed by atoms with Gasteiger partial charge in [-0.2, -0.15) is 5.10 Å². The lowest BCUT2D eigenvalue weighted by Gasteiger charge is -2.47. The van der Waals surface area contributed by atoms with E-state index in [2.05, 4.69) is 34.7 Å². The molecule has 0 N–H and O–H groups in total. The van der Waals surface area contributed by atoms with Gasteiger partial charge in [-0.05, 0) is 58.2 Å². The van der Waals surface area contributed by atoms with Crippen molar-refractivity contribution < 1.29 is 4.79 Å². The van der Waals surface area contributed by atoms with Crippen LogP contribution in [-0.4, -0.2) is 62.2 Å². The van der Waals surface area contributed by atoms with Gasteiger partial charge in [0.15, 0.2) is 0 Å². The normalized spacial score (nSPS) is 20.5. The molecule has 0 radical (unpaired) electrons. The largest absolute Gasteiger partial charge is 0.367 e. The summed E-state index contributed by atoms with van der Waals surface area (Å²) in [5.74, 6) is 0. The molecule has 0 unspecified atom stereocenters. The zero-order chi connectivity index (χ0) is 24.5. The van der Waals surface area contributed by atoms with Crippen LogP contribution in [0.1, 0.15) is 57.1 Å². The molecule has 1 saturated carbocycles. The summed E-state index contributed by atoms with van der Waals surface area (Å²) in [4.78, 5) is 26.5. The van der Waals surface area contributed by atoms with Crippen molar-refractivity contribution in [2.24, 2.45) is 4.99 Å². The molecular weight excluding hydrogens is 438 g/mol. The number of allylic oxidation sites excluding steroid dienone is 1. The van der Waals surface area contributed by atoms with Gasteiger partial charge < -0.3 is 4.90 Å². The first-order valence-corrected chi connectivity index (χ1v) is 12.8. The van der Waals surface area contributed by atoms with Crippen molar-refractivity contribution in [2.75, 3.05) is 24.5 Å². The SMILES string of the molecule is C/C=C(\N=c1ccc(N2CCN(C3CCC3)[C@H](C)C2)cn1C=O)c1cc2c(CC)nc(C)cn2n1. The van der Waals surface area contributed by atoms with E-state index >= 15 is 0 Å². The number of anilines is 1. The first-order valence-electron chi connectivity index (χ1n) is 12.8. The fourth-order valence-electron chi connectivity index (χ4n) is 5.29. The predicted molar refractivity (Wildman–Crippen MR) is 139 cm³/mol. The van der Waals surface area contributed by atoms with Gasteiger partial charge in [0.1, 0.15) is 11.2 Å². The Bertz CT molecular complexity index is 1330. The van der Waals surface area contributed by atoms with Crippen molar-refractivity contribution in [3.63, 3.8) is 0 Å². The number of hydrogen-bond acceptors (Lipinski definition) is 6. The highest BCUT2D eigenvalue weighted by Crippen LogP contribution is 2.29. The second kappa shape index (κ2) is 9.77. The summed E-state index contributed by atoms with van der Waals surface area (Å²) >= 11 is 0. The molecule has 3 aromatic heterocycles. The average molecular weight is 474 g/mol. The lowest BCUT2D eigenvalue weighted by molar-refractivity contribution is 0.0775. The quantitative estimate of drug-likeness (QED) is 0.513. The summed E-state index contributed by atoms with van der Waals surface area (Å²) in [7, 11) is 0. The Morgan fingerprint density at radius 2 is 2.06 bits per heavy atom. The number of hydrogen-bond donors (Lipinski definition) is 0. The smallest absolute Gasteiger partial charge is 0.219 e. The molecule has 35 heavy (non-hydrogen) atoms. The van der Waals surface area contributed by atoms with E-state index in [1.165, 1.54) is 19.3 Å². The van der Waals surface area contributed by atoms with Crippen LogP contribution in [0.5, 0.6) is 0 Å². The maximum atomic E-state index is 12.0. The molecule has 0 bridgehead atoms. The van der Waals surface area contributed by atoms with Gasteiger partial charge in [0, 0.05) is 37.9 Å². The summed E-state index contributed by atoms with van der Waals surface area (Å²) in [6.45, 7) is 11.3. The molecule has 8 heteroatoms. The van der Waals surface area contributed by atoms with E-state index in [4.69, 9.17) is 10.1 Å². The van der Waals surface area contributed by atoms with Crippen LogP contribution in [0.3, 0.4) is 0 Å². The van der Waals surface area contributed by atoms with E-state index in [1.807, 2.05) is 49.0 Å². The number of piperazine rings is 1. The van der Waals surface area contributed by atoms with E-state index in [-0.39, 0.29) is 0 Å². The summed E-state index contributed by atoms with van der Waals surface area (Å²) in [6.07, 6.45) is 11.4. The number of carbonyl (C=O) groups excluding carboxylic acids is 1. The van der Waals surface area contributed by atoms with Crippen molar-refractivity contribution in [2.45, 2.75) is 65.5 Å². The maximum Gasteiger partial charge on any atom is 0.219 e. The fourth-order valence-corrected chi connectivity index (χ4v) is 5.29. The van der Waals surface area contributed by atoms with Crippen LogP contribution in [0.15, 0.2) is 41.7 Å². The summed E-state index contributed by atoms with van der Waals surface area (Å²) in [5, 5.41) is 4.74. The van der Waals surface area contributed by atoms with Gasteiger partial charge in [-0.15, -0.1) is 0 Å². The Morgan fingerprint density at radius 1 is 1.23 bits per heavy atom. The topological polar surface area (TPSA) is 71.0 Å². The van der Waals surface area contributed by atoms with Crippen LogP contribution in [0, 0.1) is 6.92 Å². The molecule has 0 aromatic carbocycles. The standard InChI is InChI=1S/C27H35N7O/c1-5-23(25-14-26-24(6-2)28-19(3)15-34(26)30-25)29-27-11-10-22(17-32(27)18-35)31-12-13-33(20(4)16-31)21-8-7-9-21/h5,10-11,14-15,17-18,20-21H,6-9,12-13,16H2,1-4H3/b23-5-,29-27?/t20-/m1/s1. The third-order valence-electron chi connectivity index (χ3n) is 7.40. The Balaban J connectivity index is 1.42. The number of aromatic nitrogens is 4. The molecule has 1 aliphatic heterocycles. The zero-order valence-electron chi connectivity index (χ0n) is 21.2. The molecule has 3 aromatic rings. The minimum Gasteiger partial charge on any atom is -0.367 e. The lowest BCUT2D eigenvalue weighted by atomic mass is 9.89.